The summed E-state index contributed by atoms with van der Waals surface area (Å²) in [5.74, 6) is -0.276. The molecule has 5 rings (SSSR count). The Kier molecular flexibility index (Phi) is 5.06. The highest BCUT2D eigenvalue weighted by molar-refractivity contribution is 7.46. The SMILES string of the molecule is CC1(C)O[C@@H]2[C@H](O1)[C@@H](COP(=O)(O)O)O[C@H]2n1cnc2c(N)nc(-c3ccccc3)nc21. The number of nitrogens with zero attached hydrogens (tertiary/aromatic N) is 4. The molecule has 0 unspecified atom stereocenters. The number of phosphoric acid groups is 1. The van der Waals surface area contributed by atoms with Crippen LogP contribution in [0.3, 0.4) is 0 Å². The fraction of sp³-hybridized carbons (Fsp3) is 0.421. The lowest BCUT2D eigenvalue weighted by molar-refractivity contribution is -0.199. The first kappa shape index (κ1) is 21.4. The van der Waals surface area contributed by atoms with Crippen LogP contribution in [0.2, 0.25) is 0 Å². The Balaban J connectivity index is 1.54. The molecule has 2 aliphatic heterocycles. The number of ether oxygens (including phenoxy) is 3. The van der Waals surface area contributed by atoms with Crippen LogP contribution in [-0.4, -0.2) is 60.0 Å². The maximum Gasteiger partial charge on any atom is 0.469 e. The topological polar surface area (TPSA) is 164 Å². The molecule has 13 heteroatoms. The Labute approximate surface area is 182 Å². The second-order valence-corrected chi connectivity index (χ2v) is 9.28. The monoisotopic (exact) mass is 463 g/mol. The molecule has 1 aromatic carbocycles. The molecule has 32 heavy (non-hydrogen) atoms. The van der Waals surface area contributed by atoms with Crippen molar-refractivity contribution in [2.24, 2.45) is 0 Å². The highest BCUT2D eigenvalue weighted by atomic mass is 31.2. The van der Waals surface area contributed by atoms with Crippen LogP contribution in [0, 0.1) is 0 Å². The first-order chi connectivity index (χ1) is 15.1. The van der Waals surface area contributed by atoms with Crippen LogP contribution in [-0.2, 0) is 23.3 Å². The van der Waals surface area contributed by atoms with Crippen molar-refractivity contribution in [2.75, 3.05) is 12.3 Å². The largest absolute Gasteiger partial charge is 0.469 e. The molecule has 4 N–H and O–H groups in total. The minimum absolute atomic E-state index is 0.215. The van der Waals surface area contributed by atoms with E-state index < -0.39 is 38.1 Å². The van der Waals surface area contributed by atoms with Gasteiger partial charge in [-0.2, -0.15) is 0 Å². The number of nitrogen functional groups attached to an aromatic ring is 1. The van der Waals surface area contributed by atoms with E-state index in [0.717, 1.165) is 5.56 Å². The van der Waals surface area contributed by atoms with Crippen molar-refractivity contribution in [3.8, 4) is 11.4 Å². The Morgan fingerprint density at radius 2 is 1.91 bits per heavy atom. The average molecular weight is 463 g/mol. The molecule has 4 heterocycles. The summed E-state index contributed by atoms with van der Waals surface area (Å²) >= 11 is 0. The van der Waals surface area contributed by atoms with Crippen LogP contribution in [0.25, 0.3) is 22.6 Å². The zero-order chi connectivity index (χ0) is 22.7. The normalized spacial score (nSPS) is 27.1. The number of benzene rings is 1. The quantitative estimate of drug-likeness (QED) is 0.471. The number of imidazole rings is 1. The molecule has 2 aromatic heterocycles. The van der Waals surface area contributed by atoms with Crippen LogP contribution >= 0.6 is 7.82 Å². The first-order valence-corrected chi connectivity index (χ1v) is 11.4. The van der Waals surface area contributed by atoms with Gasteiger partial charge in [-0.25, -0.2) is 19.5 Å². The molecule has 0 saturated carbocycles. The van der Waals surface area contributed by atoms with E-state index in [2.05, 4.69) is 19.5 Å². The third-order valence-corrected chi connectivity index (χ3v) is 5.77. The van der Waals surface area contributed by atoms with Gasteiger partial charge < -0.3 is 29.7 Å². The number of nitrogens with two attached hydrogens (primary N) is 1. The number of rotatable bonds is 5. The van der Waals surface area contributed by atoms with Crippen LogP contribution < -0.4 is 5.73 Å². The summed E-state index contributed by atoms with van der Waals surface area (Å²) in [4.78, 5) is 31.5. The average Bonchev–Trinajstić information content (AvgIpc) is 3.37. The molecule has 0 spiro atoms. The second kappa shape index (κ2) is 7.56. The number of phosphoric ester groups is 1. The summed E-state index contributed by atoms with van der Waals surface area (Å²) in [7, 11) is -4.69. The lowest BCUT2D eigenvalue weighted by atomic mass is 10.1. The molecule has 0 bridgehead atoms. The number of hydrogen-bond acceptors (Lipinski definition) is 9. The van der Waals surface area contributed by atoms with E-state index in [9.17, 15) is 4.57 Å². The zero-order valence-electron chi connectivity index (χ0n) is 17.2. The van der Waals surface area contributed by atoms with Crippen molar-refractivity contribution in [3.63, 3.8) is 0 Å². The molecule has 2 aliphatic rings. The molecule has 4 atom stereocenters. The van der Waals surface area contributed by atoms with E-state index in [1.807, 2.05) is 30.3 Å². The van der Waals surface area contributed by atoms with Gasteiger partial charge in [0.25, 0.3) is 0 Å². The van der Waals surface area contributed by atoms with E-state index >= 15 is 0 Å². The van der Waals surface area contributed by atoms with Gasteiger partial charge in [0.05, 0.1) is 12.9 Å². The lowest BCUT2D eigenvalue weighted by Gasteiger charge is -2.24. The Bertz CT molecular complexity index is 1200. The summed E-state index contributed by atoms with van der Waals surface area (Å²) in [5.41, 5.74) is 7.77. The van der Waals surface area contributed by atoms with Gasteiger partial charge >= 0.3 is 7.82 Å². The second-order valence-electron chi connectivity index (χ2n) is 8.04. The van der Waals surface area contributed by atoms with Gasteiger partial charge in [-0.05, 0) is 13.8 Å². The molecule has 0 radical (unpaired) electrons. The molecule has 2 fully saturated rings. The van der Waals surface area contributed by atoms with Crippen LogP contribution in [0.1, 0.15) is 20.1 Å². The van der Waals surface area contributed by atoms with Gasteiger partial charge in [0, 0.05) is 5.56 Å². The Hall–Kier alpha value is -2.44. The molecular weight excluding hydrogens is 441 g/mol. The van der Waals surface area contributed by atoms with Crippen molar-refractivity contribution in [2.45, 2.75) is 44.2 Å². The van der Waals surface area contributed by atoms with E-state index in [1.165, 1.54) is 6.33 Å². The van der Waals surface area contributed by atoms with Gasteiger partial charge in [0.15, 0.2) is 29.3 Å². The van der Waals surface area contributed by atoms with E-state index in [0.29, 0.717) is 17.0 Å². The molecule has 0 amide bonds. The molecule has 2 saturated heterocycles. The van der Waals surface area contributed by atoms with Crippen molar-refractivity contribution >= 4 is 24.8 Å². The van der Waals surface area contributed by atoms with Gasteiger partial charge in [-0.1, -0.05) is 30.3 Å². The number of hydrogen-bond donors (Lipinski definition) is 3. The fourth-order valence-corrected chi connectivity index (χ4v) is 4.37. The fourth-order valence-electron chi connectivity index (χ4n) is 4.03. The molecule has 0 aliphatic carbocycles. The Morgan fingerprint density at radius 3 is 2.62 bits per heavy atom. The molecular formula is C19H22N5O7P. The van der Waals surface area contributed by atoms with Crippen molar-refractivity contribution < 1.29 is 33.1 Å². The standard InChI is InChI=1S/C19H22N5O7P/c1-19(2)30-13-11(8-28-32(25,26)27)29-18(14(13)31-19)24-9-21-12-15(20)22-16(23-17(12)24)10-6-4-3-5-7-10/h3-7,9,11,13-14,18H,8H2,1-2H3,(H2,20,22,23)(H2,25,26,27)/t11-,13-,14-,18-/m1/s1. The predicted octanol–water partition coefficient (Wildman–Crippen LogP) is 1.60. The zero-order valence-corrected chi connectivity index (χ0v) is 18.1. The van der Waals surface area contributed by atoms with E-state index in [1.54, 1.807) is 18.4 Å². The van der Waals surface area contributed by atoms with Crippen molar-refractivity contribution in [1.82, 2.24) is 19.5 Å². The van der Waals surface area contributed by atoms with Crippen molar-refractivity contribution in [1.29, 1.82) is 0 Å². The molecule has 12 nitrogen and oxygen atoms in total. The van der Waals surface area contributed by atoms with Gasteiger partial charge in [0.1, 0.15) is 23.8 Å². The summed E-state index contributed by atoms with van der Waals surface area (Å²) < 4.78 is 35.6. The first-order valence-electron chi connectivity index (χ1n) is 9.88. The highest BCUT2D eigenvalue weighted by Crippen LogP contribution is 2.45. The summed E-state index contributed by atoms with van der Waals surface area (Å²) in [6.45, 7) is 3.13. The van der Waals surface area contributed by atoms with E-state index in [4.69, 9.17) is 29.7 Å². The number of anilines is 1. The summed E-state index contributed by atoms with van der Waals surface area (Å²) in [6, 6.07) is 9.38. The van der Waals surface area contributed by atoms with Gasteiger partial charge in [0.2, 0.25) is 0 Å². The molecule has 3 aromatic rings. The van der Waals surface area contributed by atoms with Crippen LogP contribution in [0.15, 0.2) is 36.7 Å². The smallest absolute Gasteiger partial charge is 0.382 e. The maximum atomic E-state index is 11.2. The third-order valence-electron chi connectivity index (χ3n) is 5.29. The summed E-state index contributed by atoms with van der Waals surface area (Å²) in [5, 5.41) is 0. The molecule has 170 valence electrons. The predicted molar refractivity (Wildman–Crippen MR) is 111 cm³/mol. The van der Waals surface area contributed by atoms with Crippen LogP contribution in [0.5, 0.6) is 0 Å². The number of aromatic nitrogens is 4. The number of fused-ring (bicyclic) bond motifs is 2. The minimum atomic E-state index is -4.69. The van der Waals surface area contributed by atoms with Crippen LogP contribution in [0.4, 0.5) is 5.82 Å². The van der Waals surface area contributed by atoms with Crippen molar-refractivity contribution in [3.05, 3.63) is 36.7 Å². The summed E-state index contributed by atoms with van der Waals surface area (Å²) in [6.07, 6.45) is -1.22. The minimum Gasteiger partial charge on any atom is -0.382 e. The highest BCUT2D eigenvalue weighted by Gasteiger charge is 2.56. The van der Waals surface area contributed by atoms with Gasteiger partial charge in [-0.15, -0.1) is 0 Å². The maximum absolute atomic E-state index is 11.2. The van der Waals surface area contributed by atoms with E-state index in [-0.39, 0.29) is 12.4 Å². The van der Waals surface area contributed by atoms with Gasteiger partial charge in [-0.3, -0.25) is 9.09 Å². The Morgan fingerprint density at radius 1 is 1.19 bits per heavy atom. The third kappa shape index (κ3) is 3.90. The lowest BCUT2D eigenvalue weighted by Crippen LogP contribution is -2.32.